The van der Waals surface area contributed by atoms with Gasteiger partial charge in [0.05, 0.1) is 6.10 Å². The molecule has 1 aromatic carbocycles. The van der Waals surface area contributed by atoms with Crippen molar-refractivity contribution in [2.75, 3.05) is 6.54 Å². The van der Waals surface area contributed by atoms with E-state index in [0.717, 1.165) is 5.56 Å². The molecule has 1 aromatic rings. The highest BCUT2D eigenvalue weighted by Crippen LogP contribution is 2.08. The molecule has 3 N–H and O–H groups in total. The van der Waals surface area contributed by atoms with E-state index in [9.17, 15) is 14.3 Å². The van der Waals surface area contributed by atoms with E-state index in [0.29, 0.717) is 18.5 Å². The van der Waals surface area contributed by atoms with Gasteiger partial charge in [0, 0.05) is 13.1 Å². The monoisotopic (exact) mass is 282 g/mol. The number of nitrogens with one attached hydrogen (secondary N) is 2. The van der Waals surface area contributed by atoms with Crippen molar-refractivity contribution < 1.29 is 14.3 Å². The van der Waals surface area contributed by atoms with E-state index in [1.54, 1.807) is 26.0 Å². The Hall–Kier alpha value is -1.62. The standard InChI is InChI=1S/C15H23FN2O2/c1-10(6-12(3)19)8-17-15(20)18-9-13-5-4-11(2)14(16)7-13/h4-5,7,10,12,19H,6,8-9H2,1-3H3,(H2,17,18,20). The predicted molar refractivity (Wildman–Crippen MR) is 76.8 cm³/mol. The van der Waals surface area contributed by atoms with E-state index in [2.05, 4.69) is 10.6 Å². The summed E-state index contributed by atoms with van der Waals surface area (Å²) in [5, 5.41) is 14.6. The van der Waals surface area contributed by atoms with Crippen molar-refractivity contribution in [3.63, 3.8) is 0 Å². The second-order valence-corrected chi connectivity index (χ2v) is 5.34. The fourth-order valence-electron chi connectivity index (χ4n) is 1.92. The molecule has 0 radical (unpaired) electrons. The highest BCUT2D eigenvalue weighted by Gasteiger charge is 2.08. The highest BCUT2D eigenvalue weighted by molar-refractivity contribution is 5.73. The van der Waals surface area contributed by atoms with Gasteiger partial charge in [-0.15, -0.1) is 0 Å². The number of hydrogen-bond donors (Lipinski definition) is 3. The van der Waals surface area contributed by atoms with Gasteiger partial charge in [-0.1, -0.05) is 19.1 Å². The third kappa shape index (κ3) is 6.02. The Morgan fingerprint density at radius 1 is 1.35 bits per heavy atom. The largest absolute Gasteiger partial charge is 0.393 e. The van der Waals surface area contributed by atoms with Gasteiger partial charge in [0.25, 0.3) is 0 Å². The van der Waals surface area contributed by atoms with Crippen LogP contribution in [0.5, 0.6) is 0 Å². The first kappa shape index (κ1) is 16.4. The molecule has 0 bridgehead atoms. The molecule has 0 aromatic heterocycles. The normalized spacial score (nSPS) is 13.7. The Bertz CT molecular complexity index is 449. The molecular weight excluding hydrogens is 259 g/mol. The number of aliphatic hydroxyl groups excluding tert-OH is 1. The third-order valence-corrected chi connectivity index (χ3v) is 3.04. The van der Waals surface area contributed by atoms with Crippen molar-refractivity contribution >= 4 is 6.03 Å². The Labute approximate surface area is 119 Å². The molecule has 0 heterocycles. The van der Waals surface area contributed by atoms with Gasteiger partial charge in [-0.2, -0.15) is 0 Å². The first-order chi connectivity index (χ1) is 9.38. The van der Waals surface area contributed by atoms with Crippen LogP contribution in [0.4, 0.5) is 9.18 Å². The molecule has 2 atom stereocenters. The summed E-state index contributed by atoms with van der Waals surface area (Å²) in [5.41, 5.74) is 1.31. The maximum atomic E-state index is 13.3. The highest BCUT2D eigenvalue weighted by atomic mass is 19.1. The molecule has 0 fully saturated rings. The number of hydrogen-bond acceptors (Lipinski definition) is 2. The molecule has 0 aliphatic heterocycles. The first-order valence-corrected chi connectivity index (χ1v) is 6.83. The second kappa shape index (κ2) is 7.85. The number of aliphatic hydroxyl groups is 1. The van der Waals surface area contributed by atoms with Crippen LogP contribution in [0.15, 0.2) is 18.2 Å². The number of carbonyl (C=O) groups excluding carboxylic acids is 1. The van der Waals surface area contributed by atoms with Crippen LogP contribution >= 0.6 is 0 Å². The average Bonchev–Trinajstić information content (AvgIpc) is 2.37. The smallest absolute Gasteiger partial charge is 0.315 e. The van der Waals surface area contributed by atoms with Gasteiger partial charge in [0.2, 0.25) is 0 Å². The van der Waals surface area contributed by atoms with Crippen LogP contribution in [-0.2, 0) is 6.54 Å². The van der Waals surface area contributed by atoms with Gasteiger partial charge in [0.1, 0.15) is 5.82 Å². The number of benzene rings is 1. The minimum atomic E-state index is -0.370. The van der Waals surface area contributed by atoms with Gasteiger partial charge in [-0.05, 0) is 43.4 Å². The average molecular weight is 282 g/mol. The summed E-state index contributed by atoms with van der Waals surface area (Å²) in [5.74, 6) is -0.0622. The zero-order chi connectivity index (χ0) is 15.1. The van der Waals surface area contributed by atoms with E-state index in [1.807, 2.05) is 6.92 Å². The fraction of sp³-hybridized carbons (Fsp3) is 0.533. The first-order valence-electron chi connectivity index (χ1n) is 6.83. The SMILES string of the molecule is Cc1ccc(CNC(=O)NCC(C)CC(C)O)cc1F. The molecular formula is C15H23FN2O2. The molecule has 1 rings (SSSR count). The quantitative estimate of drug-likeness (QED) is 0.750. The fourth-order valence-corrected chi connectivity index (χ4v) is 1.92. The molecule has 0 saturated heterocycles. The van der Waals surface area contributed by atoms with Gasteiger partial charge in [0.15, 0.2) is 0 Å². The lowest BCUT2D eigenvalue weighted by Crippen LogP contribution is -2.37. The maximum absolute atomic E-state index is 13.3. The number of aryl methyl sites for hydroxylation is 1. The topological polar surface area (TPSA) is 61.4 Å². The summed E-state index contributed by atoms with van der Waals surface area (Å²) < 4.78 is 13.3. The van der Waals surface area contributed by atoms with E-state index in [-0.39, 0.29) is 30.4 Å². The Morgan fingerprint density at radius 3 is 2.65 bits per heavy atom. The van der Waals surface area contributed by atoms with Crippen molar-refractivity contribution in [1.82, 2.24) is 10.6 Å². The number of urea groups is 1. The van der Waals surface area contributed by atoms with Crippen molar-refractivity contribution in [3.05, 3.63) is 35.1 Å². The van der Waals surface area contributed by atoms with Crippen LogP contribution in [0.25, 0.3) is 0 Å². The lowest BCUT2D eigenvalue weighted by molar-refractivity contribution is 0.163. The molecule has 20 heavy (non-hydrogen) atoms. The second-order valence-electron chi connectivity index (χ2n) is 5.34. The Kier molecular flexibility index (Phi) is 6.45. The summed E-state index contributed by atoms with van der Waals surface area (Å²) >= 11 is 0. The minimum absolute atomic E-state index is 0.206. The van der Waals surface area contributed by atoms with E-state index >= 15 is 0 Å². The van der Waals surface area contributed by atoms with Crippen LogP contribution < -0.4 is 10.6 Å². The van der Waals surface area contributed by atoms with Gasteiger partial charge in [-0.25, -0.2) is 9.18 Å². The number of amides is 2. The van der Waals surface area contributed by atoms with Crippen LogP contribution in [0.1, 0.15) is 31.4 Å². The number of halogens is 1. The van der Waals surface area contributed by atoms with Gasteiger partial charge >= 0.3 is 6.03 Å². The summed E-state index contributed by atoms with van der Waals surface area (Å²) in [6.45, 7) is 6.17. The molecule has 0 saturated carbocycles. The molecule has 5 heteroatoms. The Morgan fingerprint density at radius 2 is 2.05 bits per heavy atom. The van der Waals surface area contributed by atoms with Crippen LogP contribution in [-0.4, -0.2) is 23.8 Å². The molecule has 0 aliphatic rings. The summed E-state index contributed by atoms with van der Waals surface area (Å²) in [7, 11) is 0. The van der Waals surface area contributed by atoms with Gasteiger partial charge in [-0.3, -0.25) is 0 Å². The van der Waals surface area contributed by atoms with Crippen molar-refractivity contribution in [2.45, 2.75) is 39.8 Å². The summed E-state index contributed by atoms with van der Waals surface area (Å²) in [6, 6.07) is 4.61. The lowest BCUT2D eigenvalue weighted by atomic mass is 10.1. The van der Waals surface area contributed by atoms with Crippen LogP contribution in [0, 0.1) is 18.7 Å². The van der Waals surface area contributed by atoms with Crippen LogP contribution in [0.2, 0.25) is 0 Å². The Balaban J connectivity index is 2.31. The zero-order valence-corrected chi connectivity index (χ0v) is 12.2. The number of carbonyl (C=O) groups is 1. The van der Waals surface area contributed by atoms with Crippen LogP contribution in [0.3, 0.4) is 0 Å². The summed E-state index contributed by atoms with van der Waals surface area (Å²) in [4.78, 5) is 11.6. The molecule has 4 nitrogen and oxygen atoms in total. The van der Waals surface area contributed by atoms with Gasteiger partial charge < -0.3 is 15.7 Å². The lowest BCUT2D eigenvalue weighted by Gasteiger charge is -2.14. The maximum Gasteiger partial charge on any atom is 0.315 e. The van der Waals surface area contributed by atoms with E-state index in [1.165, 1.54) is 6.07 Å². The number of rotatable bonds is 6. The van der Waals surface area contributed by atoms with E-state index in [4.69, 9.17) is 0 Å². The zero-order valence-electron chi connectivity index (χ0n) is 12.2. The van der Waals surface area contributed by atoms with Crippen molar-refractivity contribution in [3.8, 4) is 0 Å². The molecule has 0 aliphatic carbocycles. The van der Waals surface area contributed by atoms with Crippen molar-refractivity contribution in [2.24, 2.45) is 5.92 Å². The molecule has 2 amide bonds. The van der Waals surface area contributed by atoms with E-state index < -0.39 is 0 Å². The minimum Gasteiger partial charge on any atom is -0.393 e. The molecule has 0 spiro atoms. The van der Waals surface area contributed by atoms with Crippen molar-refractivity contribution in [1.29, 1.82) is 0 Å². The molecule has 2 unspecified atom stereocenters. The summed E-state index contributed by atoms with van der Waals surface area (Å²) in [6.07, 6.45) is 0.272. The predicted octanol–water partition coefficient (Wildman–Crippen LogP) is 2.34. The third-order valence-electron chi connectivity index (χ3n) is 3.04. The molecule has 112 valence electrons.